The number of imidazole rings is 1. The Bertz CT molecular complexity index is 1430. The smallest absolute Gasteiger partial charge is 0.459 e. The van der Waals surface area contributed by atoms with Crippen LogP contribution in [0.3, 0.4) is 0 Å². The molecule has 5 atom stereocenters. The molecule has 2 unspecified atom stereocenters. The fourth-order valence-corrected chi connectivity index (χ4v) is 6.78. The number of methoxy groups -OCH3 is 1. The van der Waals surface area contributed by atoms with Gasteiger partial charge in [-0.2, -0.15) is 9.97 Å². The van der Waals surface area contributed by atoms with Crippen LogP contribution in [0.25, 0.3) is 21.6 Å². The third-order valence-electron chi connectivity index (χ3n) is 6.79. The zero-order valence-electron chi connectivity index (χ0n) is 21.9. The van der Waals surface area contributed by atoms with E-state index in [1.165, 1.54) is 18.0 Å². The van der Waals surface area contributed by atoms with Crippen LogP contribution in [0.1, 0.15) is 26.0 Å². The molecule has 17 heteroatoms. The lowest BCUT2D eigenvalue weighted by molar-refractivity contribution is -0.0438. The van der Waals surface area contributed by atoms with E-state index in [0.29, 0.717) is 31.8 Å². The molecule has 4 heterocycles. The zero-order chi connectivity index (χ0) is 28.3. The largest absolute Gasteiger partial charge is 0.479 e. The minimum absolute atomic E-state index is 0.0810. The van der Waals surface area contributed by atoms with Gasteiger partial charge in [0.25, 0.3) is 0 Å². The van der Waals surface area contributed by atoms with Gasteiger partial charge in [0.15, 0.2) is 17.4 Å². The van der Waals surface area contributed by atoms with E-state index in [1.807, 2.05) is 0 Å². The average Bonchev–Trinajstić information content (AvgIpc) is 3.47. The molecule has 2 aliphatic rings. The Morgan fingerprint density at radius 3 is 2.75 bits per heavy atom. The molecule has 3 aromatic rings. The van der Waals surface area contributed by atoms with Crippen LogP contribution in [0.15, 0.2) is 41.8 Å². The van der Waals surface area contributed by atoms with Crippen molar-refractivity contribution in [3.63, 3.8) is 0 Å². The van der Waals surface area contributed by atoms with Crippen LogP contribution in [-0.4, -0.2) is 75.3 Å². The summed E-state index contributed by atoms with van der Waals surface area (Å²) in [6.45, 7) is 1.98. The number of rotatable bonds is 10. The third kappa shape index (κ3) is 5.43. The van der Waals surface area contributed by atoms with Gasteiger partial charge >= 0.3 is 7.75 Å². The minimum atomic E-state index is -4.16. The molecule has 2 aromatic heterocycles. The maximum atomic E-state index is 14.4. The molecular formula is C23H30N9O7P. The Kier molecular flexibility index (Phi) is 8.10. The number of azide groups is 1. The molecule has 2 saturated heterocycles. The van der Waals surface area contributed by atoms with Crippen molar-refractivity contribution in [3.8, 4) is 11.6 Å². The van der Waals surface area contributed by atoms with Gasteiger partial charge in [-0.15, -0.1) is 0 Å². The van der Waals surface area contributed by atoms with E-state index in [-0.39, 0.29) is 29.0 Å². The third-order valence-corrected chi connectivity index (χ3v) is 8.43. The quantitative estimate of drug-likeness (QED) is 0.138. The molecule has 214 valence electrons. The number of aliphatic hydroxyl groups is 1. The highest BCUT2D eigenvalue weighted by atomic mass is 31.2. The van der Waals surface area contributed by atoms with Crippen molar-refractivity contribution in [3.05, 3.63) is 47.1 Å². The van der Waals surface area contributed by atoms with Crippen LogP contribution in [0.5, 0.6) is 11.6 Å². The Balaban J connectivity index is 1.54. The van der Waals surface area contributed by atoms with Crippen LogP contribution in [0.4, 0.5) is 5.95 Å². The first kappa shape index (κ1) is 28.1. The van der Waals surface area contributed by atoms with Gasteiger partial charge in [-0.3, -0.25) is 9.09 Å². The van der Waals surface area contributed by atoms with Crippen molar-refractivity contribution in [2.24, 2.45) is 5.11 Å². The number of nitrogens with one attached hydrogen (secondary N) is 1. The number of anilines is 1. The second kappa shape index (κ2) is 11.6. The molecule has 0 aliphatic carbocycles. The van der Waals surface area contributed by atoms with Crippen LogP contribution >= 0.6 is 7.75 Å². The SMILES string of the molecule is COc1nc(N)nc2c1ncn2[C@@H]1O[C@H](CO)C(OP(=O)(NC2CCOCC2)Oc2ccccc2)[C@@]1(C)N=[N+]=[N-]. The van der Waals surface area contributed by atoms with E-state index in [4.69, 9.17) is 29.0 Å². The van der Waals surface area contributed by atoms with Crippen molar-refractivity contribution < 1.29 is 32.9 Å². The number of aromatic nitrogens is 4. The van der Waals surface area contributed by atoms with Gasteiger partial charge in [0.05, 0.1) is 20.0 Å². The molecule has 0 saturated carbocycles. The van der Waals surface area contributed by atoms with Crippen LogP contribution in [-0.2, 0) is 18.6 Å². The van der Waals surface area contributed by atoms with Gasteiger partial charge in [0.1, 0.15) is 23.5 Å². The second-order valence-corrected chi connectivity index (χ2v) is 11.1. The fraction of sp³-hybridized carbons (Fsp3) is 0.522. The molecule has 2 fully saturated rings. The van der Waals surface area contributed by atoms with Gasteiger partial charge in [-0.05, 0) is 37.4 Å². The minimum Gasteiger partial charge on any atom is -0.479 e. The zero-order valence-corrected chi connectivity index (χ0v) is 22.8. The molecule has 40 heavy (non-hydrogen) atoms. The highest BCUT2D eigenvalue weighted by molar-refractivity contribution is 7.52. The number of nitrogens with two attached hydrogens (primary N) is 1. The van der Waals surface area contributed by atoms with Crippen molar-refractivity contribution in [1.29, 1.82) is 0 Å². The van der Waals surface area contributed by atoms with Crippen molar-refractivity contribution in [2.75, 3.05) is 32.7 Å². The summed E-state index contributed by atoms with van der Waals surface area (Å²) in [7, 11) is -2.74. The average molecular weight is 576 g/mol. The molecule has 0 bridgehead atoms. The van der Waals surface area contributed by atoms with Gasteiger partial charge in [0, 0.05) is 24.2 Å². The van der Waals surface area contributed by atoms with E-state index >= 15 is 0 Å². The summed E-state index contributed by atoms with van der Waals surface area (Å²) in [5, 5.41) is 17.3. The molecule has 2 aliphatic heterocycles. The van der Waals surface area contributed by atoms with Gasteiger partial charge in [0.2, 0.25) is 11.8 Å². The predicted molar refractivity (Wildman–Crippen MR) is 141 cm³/mol. The first-order chi connectivity index (χ1) is 19.3. The monoisotopic (exact) mass is 575 g/mol. The van der Waals surface area contributed by atoms with E-state index < -0.39 is 38.3 Å². The van der Waals surface area contributed by atoms with Crippen molar-refractivity contribution in [2.45, 2.75) is 49.8 Å². The van der Waals surface area contributed by atoms with E-state index in [0.717, 1.165) is 0 Å². The molecule has 0 radical (unpaired) electrons. The second-order valence-electron chi connectivity index (χ2n) is 9.48. The number of aliphatic hydroxyl groups excluding tert-OH is 1. The number of benzene rings is 1. The predicted octanol–water partition coefficient (Wildman–Crippen LogP) is 2.72. The number of para-hydroxylation sites is 1. The van der Waals surface area contributed by atoms with Crippen LogP contribution in [0, 0.1) is 0 Å². The summed E-state index contributed by atoms with van der Waals surface area (Å²) in [5.41, 5.74) is 14.4. The molecule has 4 N–H and O–H groups in total. The molecular weight excluding hydrogens is 545 g/mol. The Hall–Kier alpha value is -3.49. The number of ether oxygens (including phenoxy) is 3. The normalized spacial score (nSPS) is 26.7. The van der Waals surface area contributed by atoms with Crippen LogP contribution < -0.4 is 20.1 Å². The highest BCUT2D eigenvalue weighted by Crippen LogP contribution is 2.53. The maximum absolute atomic E-state index is 14.4. The first-order valence-electron chi connectivity index (χ1n) is 12.6. The topological polar surface area (TPSA) is 214 Å². The number of hydrogen-bond donors (Lipinski definition) is 3. The van der Waals surface area contributed by atoms with E-state index in [1.54, 1.807) is 37.3 Å². The standard InChI is InChI=1S/C23H30N9O7P/c1-23(30-31-25)18(39-40(34,29-14-8-10-36-11-9-14)38-15-6-4-3-5-7-15)16(12-33)37-21(23)32-13-26-17-19(32)27-22(24)28-20(17)35-2/h3-7,13-14,16,18,21,33H,8-12H2,1-2H3,(H,29,34)(H2,24,27,28)/t16-,18?,21-,23-,40?/m1/s1. The van der Waals surface area contributed by atoms with Gasteiger partial charge < -0.3 is 29.6 Å². The lowest BCUT2D eigenvalue weighted by atomic mass is 9.93. The van der Waals surface area contributed by atoms with Gasteiger partial charge in [-0.25, -0.2) is 14.6 Å². The Morgan fingerprint density at radius 2 is 2.08 bits per heavy atom. The summed E-state index contributed by atoms with van der Waals surface area (Å²) in [6.07, 6.45) is -0.870. The number of nitrogens with zero attached hydrogens (tertiary/aromatic N) is 7. The van der Waals surface area contributed by atoms with Gasteiger partial charge in [-0.1, -0.05) is 23.3 Å². The Labute approximate surface area is 229 Å². The lowest BCUT2D eigenvalue weighted by Gasteiger charge is -2.34. The Morgan fingerprint density at radius 1 is 1.32 bits per heavy atom. The first-order valence-corrected chi connectivity index (χ1v) is 14.1. The number of nitrogen functional groups attached to an aromatic ring is 1. The molecule has 16 nitrogen and oxygen atoms in total. The summed E-state index contributed by atoms with van der Waals surface area (Å²) >= 11 is 0. The number of fused-ring (bicyclic) bond motifs is 1. The molecule has 0 amide bonds. The summed E-state index contributed by atoms with van der Waals surface area (Å²) < 4.78 is 44.8. The maximum Gasteiger partial charge on any atom is 0.459 e. The summed E-state index contributed by atoms with van der Waals surface area (Å²) in [5.74, 6) is 0.354. The molecule has 1 aromatic carbocycles. The van der Waals surface area contributed by atoms with Crippen molar-refractivity contribution in [1.82, 2.24) is 24.6 Å². The van der Waals surface area contributed by atoms with E-state index in [2.05, 4.69) is 30.1 Å². The lowest BCUT2D eigenvalue weighted by Crippen LogP contribution is -2.46. The molecule has 5 rings (SSSR count). The van der Waals surface area contributed by atoms with Crippen LogP contribution in [0.2, 0.25) is 0 Å². The summed E-state index contributed by atoms with van der Waals surface area (Å²) in [4.78, 5) is 15.6. The van der Waals surface area contributed by atoms with Crippen molar-refractivity contribution >= 4 is 24.9 Å². The molecule has 0 spiro atoms. The highest BCUT2D eigenvalue weighted by Gasteiger charge is 2.58. The summed E-state index contributed by atoms with van der Waals surface area (Å²) in [6, 6.07) is 8.30. The number of hydrogen-bond acceptors (Lipinski definition) is 12. The fourth-order valence-electron chi connectivity index (χ4n) is 4.87. The van der Waals surface area contributed by atoms with E-state index in [9.17, 15) is 15.2 Å².